The Morgan fingerprint density at radius 2 is 1.50 bits per heavy atom. The first-order chi connectivity index (χ1) is 20.4. The lowest BCUT2D eigenvalue weighted by Crippen LogP contribution is -2.35. The summed E-state index contributed by atoms with van der Waals surface area (Å²) in [6.45, 7) is 0. The monoisotopic (exact) mass is 569 g/mol. The molecule has 4 aromatic rings. The van der Waals surface area contributed by atoms with Gasteiger partial charge in [0.2, 0.25) is 11.8 Å². The standard InChI is InChI=1S/C30H24FN5O6/c1-39-23-13-17-15-32-25-26(33-16-34-27(25)42-22(17)14-24(23)40-2)41-21-9-7-20(8-10-21)36-29(38)30(11-12-30)28(37)35-19-5-3-18(31)4-6-19/h3-10,13-16H,11-12H2,1-2H3,(H,35,37)(H,36,38). The van der Waals surface area contributed by atoms with E-state index in [1.807, 2.05) is 0 Å². The topological polar surface area (TPSA) is 133 Å². The highest BCUT2D eigenvalue weighted by Crippen LogP contribution is 2.48. The van der Waals surface area contributed by atoms with Crippen molar-refractivity contribution in [1.29, 1.82) is 0 Å². The Balaban J connectivity index is 1.14. The Bertz CT molecular complexity index is 1710. The zero-order valence-electron chi connectivity index (χ0n) is 22.5. The van der Waals surface area contributed by atoms with Crippen LogP contribution in [-0.4, -0.2) is 42.2 Å². The van der Waals surface area contributed by atoms with Crippen molar-refractivity contribution in [3.8, 4) is 34.8 Å². The molecule has 1 fully saturated rings. The van der Waals surface area contributed by atoms with Crippen molar-refractivity contribution >= 4 is 35.1 Å². The number of anilines is 2. The highest BCUT2D eigenvalue weighted by atomic mass is 19.1. The lowest BCUT2D eigenvalue weighted by atomic mass is 10.0. The second-order valence-electron chi connectivity index (χ2n) is 9.56. The van der Waals surface area contributed by atoms with E-state index in [2.05, 4.69) is 25.6 Å². The first kappa shape index (κ1) is 26.7. The number of halogens is 1. The molecule has 0 unspecified atom stereocenters. The SMILES string of the molecule is COc1cc2c(cc1OC)Oc1ncnc(Oc3ccc(NC(=O)C4(C(=O)Nc5ccc(F)cc5)CC4)cc3)c1N=C2. The molecule has 0 saturated heterocycles. The van der Waals surface area contributed by atoms with Crippen molar-refractivity contribution < 1.29 is 32.9 Å². The lowest BCUT2D eigenvalue weighted by molar-refractivity contribution is -0.131. The Kier molecular flexibility index (Phi) is 6.87. The van der Waals surface area contributed by atoms with Gasteiger partial charge in [0.15, 0.2) is 17.2 Å². The zero-order chi connectivity index (χ0) is 29.3. The van der Waals surface area contributed by atoms with Crippen molar-refractivity contribution in [2.24, 2.45) is 10.4 Å². The van der Waals surface area contributed by atoms with Gasteiger partial charge in [-0.05, 0) is 67.4 Å². The van der Waals surface area contributed by atoms with Crippen LogP contribution in [0.5, 0.6) is 34.8 Å². The molecule has 0 atom stereocenters. The maximum Gasteiger partial charge on any atom is 0.252 e. The molecule has 2 N–H and O–H groups in total. The summed E-state index contributed by atoms with van der Waals surface area (Å²) in [7, 11) is 3.07. The molecule has 12 heteroatoms. The molecule has 1 aliphatic carbocycles. The third-order valence-electron chi connectivity index (χ3n) is 6.86. The van der Waals surface area contributed by atoms with Gasteiger partial charge in [-0.2, -0.15) is 9.97 Å². The highest BCUT2D eigenvalue weighted by Gasteiger charge is 2.56. The summed E-state index contributed by atoms with van der Waals surface area (Å²) in [5.74, 6) is 0.996. The molecule has 6 rings (SSSR count). The van der Waals surface area contributed by atoms with Crippen LogP contribution >= 0.6 is 0 Å². The number of carbonyl (C=O) groups excluding carboxylic acids is 2. The Morgan fingerprint density at radius 3 is 2.12 bits per heavy atom. The van der Waals surface area contributed by atoms with Crippen molar-refractivity contribution in [3.63, 3.8) is 0 Å². The molecule has 0 bridgehead atoms. The zero-order valence-corrected chi connectivity index (χ0v) is 22.5. The number of aliphatic imine (C=N–C) groups is 1. The number of fused-ring (bicyclic) bond motifs is 2. The summed E-state index contributed by atoms with van der Waals surface area (Å²) in [6, 6.07) is 15.4. The minimum Gasteiger partial charge on any atom is -0.493 e. The number of ether oxygens (including phenoxy) is 4. The predicted octanol–water partition coefficient (Wildman–Crippen LogP) is 5.64. The van der Waals surface area contributed by atoms with Crippen molar-refractivity contribution in [1.82, 2.24) is 9.97 Å². The van der Waals surface area contributed by atoms with Crippen LogP contribution in [0.4, 0.5) is 21.5 Å². The number of rotatable bonds is 8. The number of hydrogen-bond donors (Lipinski definition) is 2. The molecule has 1 aliphatic heterocycles. The van der Waals surface area contributed by atoms with E-state index in [0.717, 1.165) is 0 Å². The van der Waals surface area contributed by atoms with Gasteiger partial charge >= 0.3 is 0 Å². The number of amides is 2. The largest absolute Gasteiger partial charge is 0.493 e. The minimum atomic E-state index is -1.17. The van der Waals surface area contributed by atoms with Gasteiger partial charge < -0.3 is 29.6 Å². The van der Waals surface area contributed by atoms with Gasteiger partial charge in [0, 0.05) is 29.2 Å². The molecule has 0 radical (unpaired) electrons. The molecule has 2 amide bonds. The minimum absolute atomic E-state index is 0.161. The number of nitrogens with zero attached hydrogens (tertiary/aromatic N) is 3. The Labute approximate surface area is 239 Å². The van der Waals surface area contributed by atoms with Crippen molar-refractivity contribution in [2.45, 2.75) is 12.8 Å². The van der Waals surface area contributed by atoms with Gasteiger partial charge in [-0.3, -0.25) is 9.59 Å². The van der Waals surface area contributed by atoms with Crippen molar-refractivity contribution in [3.05, 3.63) is 78.4 Å². The molecule has 42 heavy (non-hydrogen) atoms. The number of aromatic nitrogens is 2. The van der Waals surface area contributed by atoms with Gasteiger partial charge in [0.25, 0.3) is 11.8 Å². The summed E-state index contributed by atoms with van der Waals surface area (Å²) in [4.78, 5) is 38.7. The van der Waals surface area contributed by atoms with Crippen LogP contribution in [0.25, 0.3) is 0 Å². The number of benzene rings is 3. The molecular formula is C30H24FN5O6. The molecule has 1 saturated carbocycles. The van der Waals surface area contributed by atoms with E-state index in [0.29, 0.717) is 52.8 Å². The van der Waals surface area contributed by atoms with Gasteiger partial charge in [-0.1, -0.05) is 0 Å². The smallest absolute Gasteiger partial charge is 0.252 e. The summed E-state index contributed by atoms with van der Waals surface area (Å²) in [5, 5.41) is 5.48. The average Bonchev–Trinajstić information content (AvgIpc) is 3.83. The second kappa shape index (κ2) is 10.8. The molecule has 1 aromatic heterocycles. The fraction of sp³-hybridized carbons (Fsp3) is 0.167. The van der Waals surface area contributed by atoms with Crippen LogP contribution in [0.1, 0.15) is 18.4 Å². The van der Waals surface area contributed by atoms with E-state index in [1.54, 1.807) is 49.7 Å². The second-order valence-corrected chi connectivity index (χ2v) is 9.56. The van der Waals surface area contributed by atoms with E-state index < -0.39 is 23.0 Å². The van der Waals surface area contributed by atoms with Gasteiger partial charge in [0.1, 0.15) is 29.1 Å². The molecule has 11 nitrogen and oxygen atoms in total. The molecule has 0 spiro atoms. The third-order valence-corrected chi connectivity index (χ3v) is 6.86. The van der Waals surface area contributed by atoms with Crippen LogP contribution in [0.15, 0.2) is 72.0 Å². The number of hydrogen-bond acceptors (Lipinski definition) is 9. The highest BCUT2D eigenvalue weighted by molar-refractivity contribution is 6.16. The van der Waals surface area contributed by atoms with Crippen molar-refractivity contribution in [2.75, 3.05) is 24.9 Å². The van der Waals surface area contributed by atoms with Gasteiger partial charge in [-0.25, -0.2) is 9.38 Å². The van der Waals surface area contributed by atoms with Crippen LogP contribution in [0.3, 0.4) is 0 Å². The molecule has 2 aliphatic rings. The van der Waals surface area contributed by atoms with E-state index in [9.17, 15) is 14.0 Å². The molecule has 3 aromatic carbocycles. The Morgan fingerprint density at radius 1 is 0.881 bits per heavy atom. The molecule has 212 valence electrons. The summed E-state index contributed by atoms with van der Waals surface area (Å²) in [5.41, 5.74) is 0.659. The fourth-order valence-electron chi connectivity index (χ4n) is 4.35. The Hall–Kier alpha value is -5.52. The van der Waals surface area contributed by atoms with E-state index >= 15 is 0 Å². The maximum absolute atomic E-state index is 13.2. The van der Waals surface area contributed by atoms with Crippen LogP contribution < -0.4 is 29.6 Å². The summed E-state index contributed by atoms with van der Waals surface area (Å²) < 4.78 is 35.9. The van der Waals surface area contributed by atoms with E-state index in [4.69, 9.17) is 18.9 Å². The lowest BCUT2D eigenvalue weighted by Gasteiger charge is -2.16. The van der Waals surface area contributed by atoms with E-state index in [-0.39, 0.29) is 17.4 Å². The van der Waals surface area contributed by atoms with Gasteiger partial charge in [-0.15, -0.1) is 0 Å². The summed E-state index contributed by atoms with van der Waals surface area (Å²) in [6.07, 6.45) is 3.73. The van der Waals surface area contributed by atoms with E-state index in [1.165, 1.54) is 37.7 Å². The number of carbonyl (C=O) groups is 2. The fourth-order valence-corrected chi connectivity index (χ4v) is 4.35. The average molecular weight is 570 g/mol. The summed E-state index contributed by atoms with van der Waals surface area (Å²) >= 11 is 0. The quantitative estimate of drug-likeness (QED) is 0.230. The molecular weight excluding hydrogens is 545 g/mol. The number of nitrogens with one attached hydrogen (secondary N) is 2. The first-order valence-corrected chi connectivity index (χ1v) is 12.9. The predicted molar refractivity (Wildman–Crippen MR) is 151 cm³/mol. The third kappa shape index (κ3) is 5.17. The maximum atomic E-state index is 13.2. The van der Waals surface area contributed by atoms with Crippen LogP contribution in [0, 0.1) is 11.2 Å². The first-order valence-electron chi connectivity index (χ1n) is 12.9. The normalized spacial score (nSPS) is 13.9. The van der Waals surface area contributed by atoms with Crippen LogP contribution in [-0.2, 0) is 9.59 Å². The van der Waals surface area contributed by atoms with Crippen LogP contribution in [0.2, 0.25) is 0 Å². The molecule has 2 heterocycles. The van der Waals surface area contributed by atoms with Gasteiger partial charge in [0.05, 0.1) is 14.2 Å². The number of methoxy groups -OCH3 is 2.